The highest BCUT2D eigenvalue weighted by Gasteiger charge is 2.04. The zero-order valence-corrected chi connectivity index (χ0v) is 14.9. The molecule has 0 unspecified atom stereocenters. The molecule has 2 rings (SSSR count). The van der Waals surface area contributed by atoms with Crippen molar-refractivity contribution in [3.63, 3.8) is 0 Å². The van der Waals surface area contributed by atoms with Gasteiger partial charge in [0.05, 0.1) is 6.42 Å². The molecule has 0 saturated heterocycles. The van der Waals surface area contributed by atoms with Crippen molar-refractivity contribution in [1.82, 2.24) is 5.32 Å². The zero-order valence-electron chi connectivity index (χ0n) is 13.3. The molecule has 2 aromatic carbocycles. The minimum absolute atomic E-state index is 0. The van der Waals surface area contributed by atoms with Gasteiger partial charge in [0, 0.05) is 11.6 Å². The first-order valence-electron chi connectivity index (χ1n) is 7.60. The van der Waals surface area contributed by atoms with Crippen molar-refractivity contribution in [2.45, 2.75) is 19.4 Å². The first-order valence-corrected chi connectivity index (χ1v) is 7.98. The summed E-state index contributed by atoms with van der Waals surface area (Å²) in [5.74, 6) is 0.737. The van der Waals surface area contributed by atoms with Crippen LogP contribution in [0.25, 0.3) is 0 Å². The number of hydrogen-bond acceptors (Lipinski definition) is 3. The summed E-state index contributed by atoms with van der Waals surface area (Å²) in [6.07, 6.45) is 1.12. The predicted octanol–water partition coefficient (Wildman–Crippen LogP) is 3.35. The van der Waals surface area contributed by atoms with E-state index < -0.39 is 0 Å². The van der Waals surface area contributed by atoms with E-state index in [1.807, 2.05) is 48.5 Å². The molecule has 0 fully saturated rings. The smallest absolute Gasteiger partial charge is 0.224 e. The van der Waals surface area contributed by atoms with E-state index in [2.05, 4.69) is 5.32 Å². The van der Waals surface area contributed by atoms with Crippen LogP contribution in [0.2, 0.25) is 5.02 Å². The molecule has 0 spiro atoms. The van der Waals surface area contributed by atoms with Gasteiger partial charge in [0.2, 0.25) is 5.91 Å². The van der Waals surface area contributed by atoms with Crippen LogP contribution in [0.5, 0.6) is 5.75 Å². The molecule has 0 aromatic heterocycles. The van der Waals surface area contributed by atoms with Gasteiger partial charge in [-0.25, -0.2) is 0 Å². The highest BCUT2D eigenvalue weighted by molar-refractivity contribution is 6.30. The molecule has 0 bridgehead atoms. The fourth-order valence-corrected chi connectivity index (χ4v) is 2.20. The number of ether oxygens (including phenoxy) is 1. The minimum atomic E-state index is -0.00620. The molecule has 0 saturated carbocycles. The van der Waals surface area contributed by atoms with Crippen molar-refractivity contribution >= 4 is 29.9 Å². The van der Waals surface area contributed by atoms with Crippen LogP contribution < -0.4 is 15.8 Å². The first kappa shape index (κ1) is 20.3. The summed E-state index contributed by atoms with van der Waals surface area (Å²) >= 11 is 5.86. The van der Waals surface area contributed by atoms with Gasteiger partial charge in [-0.05, 0) is 48.4 Å². The van der Waals surface area contributed by atoms with Gasteiger partial charge in [-0.2, -0.15) is 0 Å². The number of halogens is 2. The highest BCUT2D eigenvalue weighted by atomic mass is 35.5. The summed E-state index contributed by atoms with van der Waals surface area (Å²) < 4.78 is 5.76. The van der Waals surface area contributed by atoms with Crippen molar-refractivity contribution in [3.05, 3.63) is 64.7 Å². The Morgan fingerprint density at radius 2 is 1.88 bits per heavy atom. The van der Waals surface area contributed by atoms with Gasteiger partial charge in [0.15, 0.2) is 0 Å². The molecule has 24 heavy (non-hydrogen) atoms. The van der Waals surface area contributed by atoms with E-state index >= 15 is 0 Å². The van der Waals surface area contributed by atoms with E-state index in [4.69, 9.17) is 22.1 Å². The number of amides is 1. The number of nitrogens with one attached hydrogen (secondary N) is 1. The Hall–Kier alpha value is -1.75. The van der Waals surface area contributed by atoms with Crippen molar-refractivity contribution in [2.24, 2.45) is 5.73 Å². The van der Waals surface area contributed by atoms with Crippen LogP contribution in [0.1, 0.15) is 17.5 Å². The highest BCUT2D eigenvalue weighted by Crippen LogP contribution is 2.16. The fourth-order valence-electron chi connectivity index (χ4n) is 2.07. The lowest BCUT2D eigenvalue weighted by Crippen LogP contribution is -2.27. The molecule has 0 aliphatic carbocycles. The maximum atomic E-state index is 11.8. The quantitative estimate of drug-likeness (QED) is 0.702. The van der Waals surface area contributed by atoms with Gasteiger partial charge in [-0.1, -0.05) is 35.9 Å². The average Bonchev–Trinajstić information content (AvgIpc) is 2.55. The summed E-state index contributed by atoms with van der Waals surface area (Å²) in [6.45, 7) is 1.65. The molecule has 0 aliphatic rings. The van der Waals surface area contributed by atoms with Gasteiger partial charge in [-0.15, -0.1) is 12.4 Å². The number of nitrogens with two attached hydrogens (primary N) is 1. The van der Waals surface area contributed by atoms with Crippen molar-refractivity contribution in [3.8, 4) is 5.75 Å². The second-order valence-electron chi connectivity index (χ2n) is 5.23. The molecule has 0 heterocycles. The Balaban J connectivity index is 0.00000288. The van der Waals surface area contributed by atoms with Crippen LogP contribution in [0.4, 0.5) is 0 Å². The topological polar surface area (TPSA) is 64.3 Å². The predicted molar refractivity (Wildman–Crippen MR) is 99.9 cm³/mol. The lowest BCUT2D eigenvalue weighted by atomic mass is 10.1. The lowest BCUT2D eigenvalue weighted by Gasteiger charge is -2.09. The van der Waals surface area contributed by atoms with Gasteiger partial charge in [-0.3, -0.25) is 4.79 Å². The Morgan fingerprint density at radius 1 is 1.12 bits per heavy atom. The van der Waals surface area contributed by atoms with Crippen LogP contribution in [-0.2, 0) is 17.8 Å². The molecular formula is C18H22Cl2N2O2. The van der Waals surface area contributed by atoms with E-state index in [0.29, 0.717) is 31.1 Å². The fraction of sp³-hybridized carbons (Fsp3) is 0.278. The second kappa shape index (κ2) is 10.9. The van der Waals surface area contributed by atoms with Crippen LogP contribution in [0, 0.1) is 0 Å². The van der Waals surface area contributed by atoms with Gasteiger partial charge in [0.1, 0.15) is 12.4 Å². The van der Waals surface area contributed by atoms with E-state index in [1.165, 1.54) is 0 Å². The largest absolute Gasteiger partial charge is 0.489 e. The molecular weight excluding hydrogens is 347 g/mol. The summed E-state index contributed by atoms with van der Waals surface area (Å²) in [7, 11) is 0. The summed E-state index contributed by atoms with van der Waals surface area (Å²) in [6, 6.07) is 15.1. The van der Waals surface area contributed by atoms with E-state index in [0.717, 1.165) is 23.3 Å². The van der Waals surface area contributed by atoms with Gasteiger partial charge in [0.25, 0.3) is 0 Å². The third-order valence-electron chi connectivity index (χ3n) is 3.28. The summed E-state index contributed by atoms with van der Waals surface area (Å²) in [5.41, 5.74) is 7.36. The Morgan fingerprint density at radius 3 is 2.58 bits per heavy atom. The van der Waals surface area contributed by atoms with E-state index in [-0.39, 0.29) is 18.3 Å². The van der Waals surface area contributed by atoms with Crippen LogP contribution in [-0.4, -0.2) is 19.0 Å². The molecule has 0 radical (unpaired) electrons. The van der Waals surface area contributed by atoms with Crippen molar-refractivity contribution in [1.29, 1.82) is 0 Å². The minimum Gasteiger partial charge on any atom is -0.489 e. The molecule has 3 N–H and O–H groups in total. The Labute approximate surface area is 153 Å². The molecule has 130 valence electrons. The van der Waals surface area contributed by atoms with Gasteiger partial charge < -0.3 is 15.8 Å². The van der Waals surface area contributed by atoms with Gasteiger partial charge >= 0.3 is 0 Å². The number of hydrogen-bond donors (Lipinski definition) is 2. The Bertz CT molecular complexity index is 633. The normalized spacial score (nSPS) is 9.92. The second-order valence-corrected chi connectivity index (χ2v) is 5.67. The lowest BCUT2D eigenvalue weighted by molar-refractivity contribution is -0.120. The molecule has 0 aliphatic heterocycles. The SMILES string of the molecule is Cl.NCCCNC(=O)Cc1cccc(OCc2ccc(Cl)cc2)c1. The van der Waals surface area contributed by atoms with E-state index in [1.54, 1.807) is 0 Å². The van der Waals surface area contributed by atoms with Crippen molar-refractivity contribution < 1.29 is 9.53 Å². The molecule has 4 nitrogen and oxygen atoms in total. The molecule has 0 atom stereocenters. The number of carbonyl (C=O) groups is 1. The van der Waals surface area contributed by atoms with Crippen LogP contribution in [0.15, 0.2) is 48.5 Å². The molecule has 6 heteroatoms. The van der Waals surface area contributed by atoms with Crippen LogP contribution >= 0.6 is 24.0 Å². The first-order chi connectivity index (χ1) is 11.2. The maximum absolute atomic E-state index is 11.8. The molecule has 1 amide bonds. The molecule has 2 aromatic rings. The zero-order chi connectivity index (χ0) is 16.5. The third-order valence-corrected chi connectivity index (χ3v) is 3.54. The Kier molecular flexibility index (Phi) is 9.23. The number of benzene rings is 2. The third kappa shape index (κ3) is 7.21. The maximum Gasteiger partial charge on any atom is 0.224 e. The number of rotatable bonds is 8. The number of carbonyl (C=O) groups excluding carboxylic acids is 1. The monoisotopic (exact) mass is 368 g/mol. The standard InChI is InChI=1S/C18H21ClN2O2.ClH/c19-16-7-5-14(6-8-16)13-23-17-4-1-3-15(11-17)12-18(22)21-10-2-9-20;/h1,3-8,11H,2,9-10,12-13,20H2,(H,21,22);1H. The van der Waals surface area contributed by atoms with E-state index in [9.17, 15) is 4.79 Å². The summed E-state index contributed by atoms with van der Waals surface area (Å²) in [4.78, 5) is 11.8. The average molecular weight is 369 g/mol. The van der Waals surface area contributed by atoms with Crippen LogP contribution in [0.3, 0.4) is 0 Å². The summed E-state index contributed by atoms with van der Waals surface area (Å²) in [5, 5.41) is 3.55. The van der Waals surface area contributed by atoms with Crippen molar-refractivity contribution in [2.75, 3.05) is 13.1 Å².